The predicted molar refractivity (Wildman–Crippen MR) is 89.7 cm³/mol. The standard InChI is InChI=1S/C16H20BrClN2O/c1-3-15(4-2)20-6-5-14(19-20)10-16(21)11-7-12(17)9-13(18)8-11/h5-9,15-16,21H,3-4,10H2,1-2H3. The fourth-order valence-corrected chi connectivity index (χ4v) is 3.32. The van der Waals surface area contributed by atoms with Crippen molar-refractivity contribution in [2.75, 3.05) is 0 Å². The van der Waals surface area contributed by atoms with Crippen molar-refractivity contribution in [3.8, 4) is 0 Å². The molecular weight excluding hydrogens is 352 g/mol. The number of hydrogen-bond acceptors (Lipinski definition) is 2. The first kappa shape index (κ1) is 16.5. The highest BCUT2D eigenvalue weighted by Gasteiger charge is 2.14. The van der Waals surface area contributed by atoms with E-state index in [-0.39, 0.29) is 0 Å². The number of aliphatic hydroxyl groups excluding tert-OH is 1. The summed E-state index contributed by atoms with van der Waals surface area (Å²) in [7, 11) is 0. The topological polar surface area (TPSA) is 38.0 Å². The predicted octanol–water partition coefficient (Wildman–Crippen LogP) is 4.94. The molecule has 0 saturated carbocycles. The number of rotatable bonds is 6. The van der Waals surface area contributed by atoms with Gasteiger partial charge in [-0.25, -0.2) is 0 Å². The number of aliphatic hydroxyl groups is 1. The molecule has 0 bridgehead atoms. The molecule has 0 spiro atoms. The number of hydrogen-bond donors (Lipinski definition) is 1. The lowest BCUT2D eigenvalue weighted by Gasteiger charge is -2.13. The van der Waals surface area contributed by atoms with Crippen LogP contribution in [0.4, 0.5) is 0 Å². The van der Waals surface area contributed by atoms with Gasteiger partial charge >= 0.3 is 0 Å². The molecule has 2 aromatic rings. The smallest absolute Gasteiger partial charge is 0.0847 e. The minimum Gasteiger partial charge on any atom is -0.388 e. The van der Waals surface area contributed by atoms with Gasteiger partial charge in [-0.1, -0.05) is 41.4 Å². The molecule has 0 saturated heterocycles. The number of benzene rings is 1. The second-order valence-corrected chi connectivity index (χ2v) is 6.53. The van der Waals surface area contributed by atoms with Gasteiger partial charge in [0.25, 0.3) is 0 Å². The van der Waals surface area contributed by atoms with Crippen LogP contribution < -0.4 is 0 Å². The van der Waals surface area contributed by atoms with Crippen LogP contribution in [-0.4, -0.2) is 14.9 Å². The Morgan fingerprint density at radius 3 is 2.62 bits per heavy atom. The summed E-state index contributed by atoms with van der Waals surface area (Å²) in [6, 6.07) is 7.88. The van der Waals surface area contributed by atoms with Crippen LogP contribution in [-0.2, 0) is 6.42 Å². The molecule has 0 amide bonds. The van der Waals surface area contributed by atoms with Crippen LogP contribution in [0.2, 0.25) is 5.02 Å². The summed E-state index contributed by atoms with van der Waals surface area (Å²) in [6.07, 6.45) is 3.99. The lowest BCUT2D eigenvalue weighted by Crippen LogP contribution is -2.09. The molecule has 0 fully saturated rings. The Labute approximate surface area is 139 Å². The van der Waals surface area contributed by atoms with E-state index >= 15 is 0 Å². The summed E-state index contributed by atoms with van der Waals surface area (Å²) >= 11 is 9.41. The summed E-state index contributed by atoms with van der Waals surface area (Å²) in [4.78, 5) is 0. The molecule has 0 radical (unpaired) electrons. The van der Waals surface area contributed by atoms with E-state index < -0.39 is 6.10 Å². The van der Waals surface area contributed by atoms with Gasteiger partial charge in [0.1, 0.15) is 0 Å². The third-order valence-electron chi connectivity index (χ3n) is 3.65. The zero-order chi connectivity index (χ0) is 15.4. The van der Waals surface area contributed by atoms with Crippen molar-refractivity contribution >= 4 is 27.5 Å². The molecule has 114 valence electrons. The van der Waals surface area contributed by atoms with Crippen molar-refractivity contribution in [3.05, 3.63) is 51.2 Å². The fourth-order valence-electron chi connectivity index (χ4n) is 2.44. The normalized spacial score (nSPS) is 12.9. The number of nitrogens with zero attached hydrogens (tertiary/aromatic N) is 2. The molecular formula is C16H20BrClN2O. The van der Waals surface area contributed by atoms with Gasteiger partial charge in [0, 0.05) is 22.1 Å². The molecule has 0 aliphatic carbocycles. The molecule has 1 unspecified atom stereocenters. The number of halogens is 2. The van der Waals surface area contributed by atoms with Gasteiger partial charge in [0.15, 0.2) is 0 Å². The Hall–Kier alpha value is -0.840. The summed E-state index contributed by atoms with van der Waals surface area (Å²) in [5.74, 6) is 0. The lowest BCUT2D eigenvalue weighted by molar-refractivity contribution is 0.176. The summed E-state index contributed by atoms with van der Waals surface area (Å²) in [5, 5.41) is 15.5. The van der Waals surface area contributed by atoms with E-state index in [0.717, 1.165) is 28.6 Å². The average molecular weight is 372 g/mol. The Morgan fingerprint density at radius 2 is 2.00 bits per heavy atom. The van der Waals surface area contributed by atoms with Gasteiger partial charge in [0.05, 0.1) is 17.8 Å². The van der Waals surface area contributed by atoms with Gasteiger partial charge in [-0.15, -0.1) is 0 Å². The summed E-state index contributed by atoms with van der Waals surface area (Å²) in [6.45, 7) is 4.32. The zero-order valence-electron chi connectivity index (χ0n) is 12.3. The number of aromatic nitrogens is 2. The molecule has 1 N–H and O–H groups in total. The van der Waals surface area contributed by atoms with Gasteiger partial charge in [-0.3, -0.25) is 4.68 Å². The van der Waals surface area contributed by atoms with Crippen molar-refractivity contribution in [1.82, 2.24) is 9.78 Å². The van der Waals surface area contributed by atoms with E-state index in [0.29, 0.717) is 17.5 Å². The van der Waals surface area contributed by atoms with Crippen molar-refractivity contribution in [2.24, 2.45) is 0 Å². The van der Waals surface area contributed by atoms with E-state index in [1.165, 1.54) is 0 Å². The van der Waals surface area contributed by atoms with Crippen molar-refractivity contribution in [3.63, 3.8) is 0 Å². The van der Waals surface area contributed by atoms with Crippen LogP contribution in [0.3, 0.4) is 0 Å². The fraction of sp³-hybridized carbons (Fsp3) is 0.438. The third-order valence-corrected chi connectivity index (χ3v) is 4.33. The highest BCUT2D eigenvalue weighted by atomic mass is 79.9. The van der Waals surface area contributed by atoms with Gasteiger partial charge < -0.3 is 5.11 Å². The molecule has 2 rings (SSSR count). The van der Waals surface area contributed by atoms with Crippen LogP contribution in [0.5, 0.6) is 0 Å². The first-order valence-electron chi connectivity index (χ1n) is 7.21. The summed E-state index contributed by atoms with van der Waals surface area (Å²) < 4.78 is 2.86. The molecule has 21 heavy (non-hydrogen) atoms. The molecule has 1 aromatic heterocycles. The Morgan fingerprint density at radius 1 is 1.29 bits per heavy atom. The maximum absolute atomic E-state index is 10.4. The minimum atomic E-state index is -0.606. The van der Waals surface area contributed by atoms with E-state index in [1.54, 1.807) is 12.1 Å². The lowest BCUT2D eigenvalue weighted by atomic mass is 10.1. The van der Waals surface area contributed by atoms with Crippen LogP contribution in [0.25, 0.3) is 0 Å². The average Bonchev–Trinajstić information content (AvgIpc) is 2.87. The molecule has 5 heteroatoms. The van der Waals surface area contributed by atoms with E-state index in [9.17, 15) is 5.11 Å². The largest absolute Gasteiger partial charge is 0.388 e. The highest BCUT2D eigenvalue weighted by Crippen LogP contribution is 2.26. The second-order valence-electron chi connectivity index (χ2n) is 5.18. The first-order valence-corrected chi connectivity index (χ1v) is 8.38. The maximum Gasteiger partial charge on any atom is 0.0847 e. The van der Waals surface area contributed by atoms with Crippen LogP contribution >= 0.6 is 27.5 Å². The van der Waals surface area contributed by atoms with Crippen molar-refractivity contribution < 1.29 is 5.11 Å². The summed E-state index contributed by atoms with van der Waals surface area (Å²) in [5.41, 5.74) is 1.69. The zero-order valence-corrected chi connectivity index (χ0v) is 14.6. The molecule has 0 aliphatic heterocycles. The van der Waals surface area contributed by atoms with Gasteiger partial charge in [-0.2, -0.15) is 5.10 Å². The minimum absolute atomic E-state index is 0.427. The molecule has 3 nitrogen and oxygen atoms in total. The molecule has 0 aliphatic rings. The second kappa shape index (κ2) is 7.43. The quantitative estimate of drug-likeness (QED) is 0.781. The van der Waals surface area contributed by atoms with Crippen molar-refractivity contribution in [2.45, 2.75) is 45.3 Å². The van der Waals surface area contributed by atoms with Crippen LogP contribution in [0.1, 0.15) is 50.1 Å². The molecule has 1 heterocycles. The van der Waals surface area contributed by atoms with Crippen LogP contribution in [0, 0.1) is 0 Å². The van der Waals surface area contributed by atoms with E-state index in [2.05, 4.69) is 34.9 Å². The van der Waals surface area contributed by atoms with E-state index in [1.807, 2.05) is 23.0 Å². The third kappa shape index (κ3) is 4.31. The van der Waals surface area contributed by atoms with Gasteiger partial charge in [-0.05, 0) is 42.7 Å². The molecule has 1 atom stereocenters. The monoisotopic (exact) mass is 370 g/mol. The molecule has 1 aromatic carbocycles. The Bertz CT molecular complexity index is 575. The Kier molecular flexibility index (Phi) is 5.85. The SMILES string of the molecule is CCC(CC)n1ccc(CC(O)c2cc(Cl)cc(Br)c2)n1. The maximum atomic E-state index is 10.4. The van der Waals surface area contributed by atoms with Crippen molar-refractivity contribution in [1.29, 1.82) is 0 Å². The van der Waals surface area contributed by atoms with E-state index in [4.69, 9.17) is 11.6 Å². The first-order chi connectivity index (χ1) is 10.0. The Balaban J connectivity index is 2.10. The van der Waals surface area contributed by atoms with Crippen LogP contribution in [0.15, 0.2) is 34.9 Å². The highest BCUT2D eigenvalue weighted by molar-refractivity contribution is 9.10. The van der Waals surface area contributed by atoms with Gasteiger partial charge in [0.2, 0.25) is 0 Å².